The number of anilines is 2. The van der Waals surface area contributed by atoms with Crippen molar-refractivity contribution in [3.05, 3.63) is 41.3 Å². The summed E-state index contributed by atoms with van der Waals surface area (Å²) in [6.45, 7) is 4.01. The minimum absolute atomic E-state index is 0.0216. The van der Waals surface area contributed by atoms with E-state index in [1.165, 1.54) is 37.8 Å². The molecule has 1 aliphatic heterocycles. The molecule has 4 rings (SSSR count). The van der Waals surface area contributed by atoms with Crippen LogP contribution in [0, 0.1) is 11.7 Å². The van der Waals surface area contributed by atoms with Crippen molar-refractivity contribution in [1.82, 2.24) is 14.9 Å². The number of aromatic nitrogens is 2. The number of carbonyl (C=O) groups is 2. The zero-order chi connectivity index (χ0) is 24.8. The maximum Gasteiger partial charge on any atom is 0.234 e. The van der Waals surface area contributed by atoms with E-state index in [-0.39, 0.29) is 34.4 Å². The average Bonchev–Trinajstić information content (AvgIpc) is 3.36. The van der Waals surface area contributed by atoms with E-state index in [9.17, 15) is 14.0 Å². The Bertz CT molecular complexity index is 1050. The van der Waals surface area contributed by atoms with Crippen LogP contribution in [0.15, 0.2) is 35.5 Å². The van der Waals surface area contributed by atoms with Crippen LogP contribution in [0.2, 0.25) is 5.15 Å². The van der Waals surface area contributed by atoms with Gasteiger partial charge in [0.1, 0.15) is 16.8 Å². The molecule has 1 atom stereocenters. The van der Waals surface area contributed by atoms with Gasteiger partial charge in [-0.3, -0.25) is 9.59 Å². The fourth-order valence-corrected chi connectivity index (χ4v) is 5.68. The van der Waals surface area contributed by atoms with Crippen molar-refractivity contribution in [2.75, 3.05) is 35.6 Å². The number of rotatable bonds is 8. The van der Waals surface area contributed by atoms with Crippen molar-refractivity contribution in [1.29, 1.82) is 0 Å². The monoisotopic (exact) mass is 519 g/mol. The number of benzene rings is 1. The number of nitrogens with zero attached hydrogens (tertiary/aromatic N) is 4. The average molecular weight is 520 g/mol. The molecule has 1 unspecified atom stereocenters. The Morgan fingerprint density at radius 2 is 1.97 bits per heavy atom. The fraction of sp³-hybridized carbons (Fsp3) is 0.520. The normalized spacial score (nSPS) is 18.7. The van der Waals surface area contributed by atoms with E-state index < -0.39 is 5.82 Å². The van der Waals surface area contributed by atoms with E-state index >= 15 is 0 Å². The molecule has 2 fully saturated rings. The molecule has 2 amide bonds. The number of carbonyl (C=O) groups excluding carboxylic acids is 2. The molecule has 2 aromatic rings. The van der Waals surface area contributed by atoms with Crippen LogP contribution in [0.5, 0.6) is 0 Å². The Hall–Kier alpha value is -2.39. The number of halogens is 2. The third kappa shape index (κ3) is 7.07. The summed E-state index contributed by atoms with van der Waals surface area (Å²) in [5.41, 5.74) is 0.135. The molecule has 1 saturated heterocycles. The molecule has 0 radical (unpaired) electrons. The number of hydrogen-bond donors (Lipinski definition) is 1. The van der Waals surface area contributed by atoms with Crippen molar-refractivity contribution >= 4 is 46.7 Å². The number of hydrogen-bond acceptors (Lipinski definition) is 6. The summed E-state index contributed by atoms with van der Waals surface area (Å²) in [5.74, 6) is 0.798. The van der Waals surface area contributed by atoms with Crippen LogP contribution in [0.25, 0.3) is 0 Å². The number of thioether (sulfide) groups is 1. The summed E-state index contributed by atoms with van der Waals surface area (Å²) in [4.78, 5) is 38.0. The molecular formula is C25H31ClFN5O2S. The molecule has 2 aliphatic rings. The summed E-state index contributed by atoms with van der Waals surface area (Å²) < 4.78 is 13.8. The Labute approximate surface area is 214 Å². The third-order valence-corrected chi connectivity index (χ3v) is 7.70. The van der Waals surface area contributed by atoms with Crippen LogP contribution in [0.3, 0.4) is 0 Å². The van der Waals surface area contributed by atoms with Crippen molar-refractivity contribution < 1.29 is 14.0 Å². The molecule has 0 spiro atoms. The van der Waals surface area contributed by atoms with Crippen LogP contribution in [-0.4, -0.2) is 58.1 Å². The van der Waals surface area contributed by atoms with Gasteiger partial charge in [-0.2, -0.15) is 0 Å². The lowest BCUT2D eigenvalue weighted by atomic mass is 10.0. The van der Waals surface area contributed by atoms with E-state index in [1.54, 1.807) is 18.2 Å². The highest BCUT2D eigenvalue weighted by atomic mass is 35.5. The highest BCUT2D eigenvalue weighted by molar-refractivity contribution is 7.99. The zero-order valence-electron chi connectivity index (χ0n) is 19.9. The maximum atomic E-state index is 13.8. The third-order valence-electron chi connectivity index (χ3n) is 6.65. The molecule has 0 bridgehead atoms. The molecular weight excluding hydrogens is 489 g/mol. The maximum absolute atomic E-state index is 13.8. The minimum Gasteiger partial charge on any atom is -0.353 e. The van der Waals surface area contributed by atoms with Crippen LogP contribution in [-0.2, 0) is 9.59 Å². The van der Waals surface area contributed by atoms with Gasteiger partial charge >= 0.3 is 0 Å². The number of amides is 2. The summed E-state index contributed by atoms with van der Waals surface area (Å²) in [6.07, 6.45) is 6.74. The van der Waals surface area contributed by atoms with Crippen LogP contribution in [0.1, 0.15) is 45.4 Å². The second-order valence-electron chi connectivity index (χ2n) is 9.22. The van der Waals surface area contributed by atoms with Gasteiger partial charge in [-0.1, -0.05) is 61.2 Å². The van der Waals surface area contributed by atoms with Gasteiger partial charge in [-0.05, 0) is 31.4 Å². The topological polar surface area (TPSA) is 78.4 Å². The number of nitrogens with one attached hydrogen (secondary N) is 1. The lowest BCUT2D eigenvalue weighted by Gasteiger charge is -2.40. The summed E-state index contributed by atoms with van der Waals surface area (Å²) in [6, 6.07) is 7.79. The predicted octanol–water partition coefficient (Wildman–Crippen LogP) is 5.01. The molecule has 7 nitrogen and oxygen atoms in total. The number of para-hydroxylation sites is 1. The molecule has 1 aromatic heterocycles. The second kappa shape index (κ2) is 12.0. The first-order chi connectivity index (χ1) is 16.9. The van der Waals surface area contributed by atoms with E-state index in [4.69, 9.17) is 11.6 Å². The molecule has 2 heterocycles. The molecule has 1 saturated carbocycles. The van der Waals surface area contributed by atoms with Gasteiger partial charge < -0.3 is 15.1 Å². The van der Waals surface area contributed by atoms with E-state index in [0.717, 1.165) is 18.2 Å². The van der Waals surface area contributed by atoms with Gasteiger partial charge in [0, 0.05) is 38.2 Å². The first-order valence-electron chi connectivity index (χ1n) is 12.1. The summed E-state index contributed by atoms with van der Waals surface area (Å²) >= 11 is 7.39. The molecule has 35 heavy (non-hydrogen) atoms. The van der Waals surface area contributed by atoms with Crippen LogP contribution < -0.4 is 10.2 Å². The lowest BCUT2D eigenvalue weighted by molar-refractivity contribution is -0.133. The van der Waals surface area contributed by atoms with Gasteiger partial charge in [-0.25, -0.2) is 14.4 Å². The highest BCUT2D eigenvalue weighted by Crippen LogP contribution is 2.29. The Morgan fingerprint density at radius 3 is 2.71 bits per heavy atom. The van der Waals surface area contributed by atoms with Crippen LogP contribution >= 0.6 is 23.4 Å². The Morgan fingerprint density at radius 1 is 1.20 bits per heavy atom. The molecule has 1 aromatic carbocycles. The smallest absolute Gasteiger partial charge is 0.234 e. The number of piperazine rings is 1. The molecule has 10 heteroatoms. The largest absolute Gasteiger partial charge is 0.353 e. The lowest BCUT2D eigenvalue weighted by Crippen LogP contribution is -2.54. The highest BCUT2D eigenvalue weighted by Gasteiger charge is 2.29. The van der Waals surface area contributed by atoms with Gasteiger partial charge in [0.2, 0.25) is 11.8 Å². The molecule has 1 aliphatic carbocycles. The predicted molar refractivity (Wildman–Crippen MR) is 137 cm³/mol. The quantitative estimate of drug-likeness (QED) is 0.300. The molecule has 188 valence electrons. The first kappa shape index (κ1) is 25.7. The van der Waals surface area contributed by atoms with Crippen LogP contribution in [0.4, 0.5) is 15.9 Å². The SMILES string of the molecule is CC1CN(c2cc(Cl)nc(SCC(=O)Nc3ccccc3F)n2)CCN1C(=O)CCC1CCCC1. The zero-order valence-corrected chi connectivity index (χ0v) is 21.5. The Balaban J connectivity index is 1.30. The molecule has 1 N–H and O–H groups in total. The summed E-state index contributed by atoms with van der Waals surface area (Å²) in [7, 11) is 0. The Kier molecular flexibility index (Phi) is 8.83. The van der Waals surface area contributed by atoms with Gasteiger partial charge in [0.15, 0.2) is 5.16 Å². The van der Waals surface area contributed by atoms with Crippen molar-refractivity contribution in [2.45, 2.75) is 56.6 Å². The standard InChI is InChI=1S/C25H31ClFN5O2S/c1-17-15-31(12-13-32(17)24(34)11-10-18-6-2-3-7-18)22-14-21(26)29-25(30-22)35-16-23(33)28-20-9-5-4-8-19(20)27/h4-5,8-9,14,17-18H,2-3,6-7,10-13,15-16H2,1H3,(H,28,33). The van der Waals surface area contributed by atoms with Crippen molar-refractivity contribution in [3.8, 4) is 0 Å². The minimum atomic E-state index is -0.488. The van der Waals surface area contributed by atoms with E-state index in [0.29, 0.717) is 42.9 Å². The van der Waals surface area contributed by atoms with E-state index in [2.05, 4.69) is 27.1 Å². The summed E-state index contributed by atoms with van der Waals surface area (Å²) in [5, 5.41) is 3.21. The van der Waals surface area contributed by atoms with Gasteiger partial charge in [0.05, 0.1) is 11.4 Å². The second-order valence-corrected chi connectivity index (χ2v) is 10.5. The van der Waals surface area contributed by atoms with Gasteiger partial charge in [-0.15, -0.1) is 0 Å². The fourth-order valence-electron chi connectivity index (χ4n) is 4.80. The van der Waals surface area contributed by atoms with Gasteiger partial charge in [0.25, 0.3) is 0 Å². The van der Waals surface area contributed by atoms with Crippen molar-refractivity contribution in [3.63, 3.8) is 0 Å². The van der Waals surface area contributed by atoms with Crippen molar-refractivity contribution in [2.24, 2.45) is 5.92 Å². The first-order valence-corrected chi connectivity index (χ1v) is 13.5. The van der Waals surface area contributed by atoms with E-state index in [1.807, 2.05) is 4.90 Å².